The molecule has 0 aliphatic carbocycles. The van der Waals surface area contributed by atoms with Gasteiger partial charge in [0.2, 0.25) is 0 Å². The molecular formula is C10H7N3S2. The number of thiophene rings is 1. The third-order valence-corrected chi connectivity index (χ3v) is 3.08. The Balaban J connectivity index is 2.54. The van der Waals surface area contributed by atoms with E-state index in [2.05, 4.69) is 16.0 Å². The summed E-state index contributed by atoms with van der Waals surface area (Å²) in [7, 11) is 0. The van der Waals surface area contributed by atoms with Crippen LogP contribution in [0.1, 0.15) is 10.7 Å². The van der Waals surface area contributed by atoms with E-state index < -0.39 is 0 Å². The van der Waals surface area contributed by atoms with Crippen molar-refractivity contribution in [1.82, 2.24) is 9.97 Å². The fraction of sp³-hybridized carbons (Fsp3) is 0.100. The monoisotopic (exact) mass is 233 g/mol. The number of aromatic amines is 1. The van der Waals surface area contributed by atoms with Crippen LogP contribution in [-0.4, -0.2) is 9.97 Å². The molecule has 0 bridgehead atoms. The van der Waals surface area contributed by atoms with Crippen molar-refractivity contribution in [2.75, 3.05) is 0 Å². The Labute approximate surface area is 96.0 Å². The Morgan fingerprint density at radius 3 is 2.93 bits per heavy atom. The van der Waals surface area contributed by atoms with Gasteiger partial charge in [0.15, 0.2) is 0 Å². The molecule has 2 aromatic heterocycles. The SMILES string of the molecule is Cc1nc(=S)cc(-c2ccc(C#N)s2)[nH]1. The van der Waals surface area contributed by atoms with Crippen molar-refractivity contribution in [3.8, 4) is 16.6 Å². The van der Waals surface area contributed by atoms with Crippen LogP contribution in [0, 0.1) is 22.9 Å². The van der Waals surface area contributed by atoms with Crippen molar-refractivity contribution >= 4 is 23.6 Å². The van der Waals surface area contributed by atoms with Crippen LogP contribution in [-0.2, 0) is 0 Å². The zero-order valence-electron chi connectivity index (χ0n) is 7.94. The molecule has 0 saturated carbocycles. The molecule has 0 radical (unpaired) electrons. The van der Waals surface area contributed by atoms with Gasteiger partial charge >= 0.3 is 0 Å². The second-order valence-electron chi connectivity index (χ2n) is 2.99. The maximum Gasteiger partial charge on any atom is 0.130 e. The van der Waals surface area contributed by atoms with E-state index in [0.29, 0.717) is 9.52 Å². The minimum absolute atomic E-state index is 0.563. The number of nitriles is 1. The van der Waals surface area contributed by atoms with Crippen molar-refractivity contribution in [2.45, 2.75) is 6.92 Å². The third kappa shape index (κ3) is 2.12. The van der Waals surface area contributed by atoms with Crippen LogP contribution in [0.5, 0.6) is 0 Å². The normalized spacial score (nSPS) is 9.87. The van der Waals surface area contributed by atoms with Crippen LogP contribution >= 0.6 is 23.6 Å². The number of rotatable bonds is 1. The van der Waals surface area contributed by atoms with Gasteiger partial charge in [0.05, 0.1) is 10.6 Å². The van der Waals surface area contributed by atoms with Crippen molar-refractivity contribution in [1.29, 1.82) is 5.26 Å². The number of aromatic nitrogens is 2. The van der Waals surface area contributed by atoms with Crippen LogP contribution in [0.15, 0.2) is 18.2 Å². The molecule has 0 fully saturated rings. The maximum atomic E-state index is 8.72. The maximum absolute atomic E-state index is 8.72. The summed E-state index contributed by atoms with van der Waals surface area (Å²) in [5.41, 5.74) is 0.916. The summed E-state index contributed by atoms with van der Waals surface area (Å²) in [4.78, 5) is 8.91. The molecule has 2 rings (SSSR count). The largest absolute Gasteiger partial charge is 0.343 e. The lowest BCUT2D eigenvalue weighted by molar-refractivity contribution is 1.05. The Bertz CT molecular complexity index is 589. The lowest BCUT2D eigenvalue weighted by Gasteiger charge is -1.99. The van der Waals surface area contributed by atoms with E-state index in [1.54, 1.807) is 12.1 Å². The lowest BCUT2D eigenvalue weighted by Crippen LogP contribution is -1.89. The van der Waals surface area contributed by atoms with Crippen LogP contribution in [0.4, 0.5) is 0 Å². The molecule has 0 spiro atoms. The highest BCUT2D eigenvalue weighted by atomic mass is 32.1. The fourth-order valence-corrected chi connectivity index (χ4v) is 2.28. The molecule has 0 amide bonds. The second-order valence-corrected chi connectivity index (χ2v) is 4.50. The van der Waals surface area contributed by atoms with E-state index in [1.165, 1.54) is 11.3 Å². The first-order chi connectivity index (χ1) is 7.19. The molecule has 0 aromatic carbocycles. The topological polar surface area (TPSA) is 52.5 Å². The van der Waals surface area contributed by atoms with Crippen LogP contribution in [0.25, 0.3) is 10.6 Å². The third-order valence-electron chi connectivity index (χ3n) is 1.84. The van der Waals surface area contributed by atoms with Crippen LogP contribution < -0.4 is 0 Å². The molecule has 5 heteroatoms. The van der Waals surface area contributed by atoms with E-state index in [-0.39, 0.29) is 0 Å². The predicted octanol–water partition coefficient (Wildman–Crippen LogP) is 3.05. The zero-order valence-corrected chi connectivity index (χ0v) is 9.58. The van der Waals surface area contributed by atoms with E-state index >= 15 is 0 Å². The highest BCUT2D eigenvalue weighted by molar-refractivity contribution is 7.71. The van der Waals surface area contributed by atoms with Crippen molar-refractivity contribution in [3.05, 3.63) is 33.5 Å². The molecular weight excluding hydrogens is 226 g/mol. The number of nitrogens with zero attached hydrogens (tertiary/aromatic N) is 2. The Morgan fingerprint density at radius 1 is 1.53 bits per heavy atom. The number of hydrogen-bond donors (Lipinski definition) is 1. The van der Waals surface area contributed by atoms with Gasteiger partial charge in [0.1, 0.15) is 21.4 Å². The van der Waals surface area contributed by atoms with Crippen LogP contribution in [0.2, 0.25) is 0 Å². The number of H-pyrrole nitrogens is 1. The standard InChI is InChI=1S/C10H7N3S2/c1-6-12-8(4-10(14)13-6)9-3-2-7(5-11)15-9/h2-4H,1H3,(H,12,13,14). The van der Waals surface area contributed by atoms with Crippen molar-refractivity contribution in [2.24, 2.45) is 0 Å². The van der Waals surface area contributed by atoms with E-state index in [4.69, 9.17) is 17.5 Å². The number of hydrogen-bond acceptors (Lipinski definition) is 4. The molecule has 15 heavy (non-hydrogen) atoms. The van der Waals surface area contributed by atoms with E-state index in [9.17, 15) is 0 Å². The molecule has 0 atom stereocenters. The lowest BCUT2D eigenvalue weighted by atomic mass is 10.3. The summed E-state index contributed by atoms with van der Waals surface area (Å²) in [5, 5.41) is 8.72. The van der Waals surface area contributed by atoms with E-state index in [1.807, 2.05) is 13.0 Å². The molecule has 2 aromatic rings. The van der Waals surface area contributed by atoms with Gasteiger partial charge < -0.3 is 4.98 Å². The van der Waals surface area contributed by atoms with Gasteiger partial charge in [-0.2, -0.15) is 5.26 Å². The summed E-state index contributed by atoms with van der Waals surface area (Å²) < 4.78 is 0.563. The van der Waals surface area contributed by atoms with Gasteiger partial charge in [-0.05, 0) is 25.1 Å². The van der Waals surface area contributed by atoms with Gasteiger partial charge in [0, 0.05) is 0 Å². The molecule has 1 N–H and O–H groups in total. The first-order valence-corrected chi connectivity index (χ1v) is 5.50. The van der Waals surface area contributed by atoms with Crippen molar-refractivity contribution < 1.29 is 0 Å². The average molecular weight is 233 g/mol. The zero-order chi connectivity index (χ0) is 10.8. The smallest absolute Gasteiger partial charge is 0.130 e. The summed E-state index contributed by atoms with van der Waals surface area (Å²) in [6.45, 7) is 1.86. The van der Waals surface area contributed by atoms with Gasteiger partial charge in [0.25, 0.3) is 0 Å². The minimum atomic E-state index is 0.563. The highest BCUT2D eigenvalue weighted by Crippen LogP contribution is 2.25. The molecule has 0 aliphatic rings. The predicted molar refractivity (Wildman–Crippen MR) is 62.2 cm³/mol. The summed E-state index contributed by atoms with van der Waals surface area (Å²) in [6.07, 6.45) is 0. The van der Waals surface area contributed by atoms with Gasteiger partial charge in [-0.3, -0.25) is 0 Å². The van der Waals surface area contributed by atoms with Crippen LogP contribution in [0.3, 0.4) is 0 Å². The summed E-state index contributed by atoms with van der Waals surface area (Å²) in [6, 6.07) is 7.61. The quantitative estimate of drug-likeness (QED) is 0.770. The molecule has 0 unspecified atom stereocenters. The molecule has 0 saturated heterocycles. The molecule has 0 aliphatic heterocycles. The first kappa shape index (κ1) is 10.0. The fourth-order valence-electron chi connectivity index (χ4n) is 1.26. The van der Waals surface area contributed by atoms with Gasteiger partial charge in [-0.1, -0.05) is 12.2 Å². The van der Waals surface area contributed by atoms with E-state index in [0.717, 1.165) is 16.4 Å². The van der Waals surface area contributed by atoms with Gasteiger partial charge in [-0.15, -0.1) is 11.3 Å². The molecule has 74 valence electrons. The second kappa shape index (κ2) is 3.93. The summed E-state index contributed by atoms with van der Waals surface area (Å²) in [5.74, 6) is 0.782. The Morgan fingerprint density at radius 2 is 2.33 bits per heavy atom. The molecule has 2 heterocycles. The van der Waals surface area contributed by atoms with Gasteiger partial charge in [-0.25, -0.2) is 4.98 Å². The Kier molecular flexibility index (Phi) is 2.62. The average Bonchev–Trinajstić information content (AvgIpc) is 2.64. The summed E-state index contributed by atoms with van der Waals surface area (Å²) >= 11 is 6.47. The number of aryl methyl sites for hydroxylation is 1. The number of nitrogens with one attached hydrogen (secondary N) is 1. The van der Waals surface area contributed by atoms with Crippen molar-refractivity contribution in [3.63, 3.8) is 0 Å². The Hall–Kier alpha value is -1.51. The first-order valence-electron chi connectivity index (χ1n) is 4.27. The minimum Gasteiger partial charge on any atom is -0.343 e. The molecule has 3 nitrogen and oxygen atoms in total. The highest BCUT2D eigenvalue weighted by Gasteiger charge is 2.03.